The number of methoxy groups -OCH3 is 1. The minimum atomic E-state index is -0.305. The van der Waals surface area contributed by atoms with Crippen molar-refractivity contribution in [3.8, 4) is 5.75 Å². The molecule has 1 amide bonds. The second-order valence-electron chi connectivity index (χ2n) is 4.44. The zero-order valence-corrected chi connectivity index (χ0v) is 12.4. The lowest BCUT2D eigenvalue weighted by molar-refractivity contribution is 0.101. The fraction of sp³-hybridized carbons (Fsp3) is 0.125. The van der Waals surface area contributed by atoms with Crippen molar-refractivity contribution in [1.82, 2.24) is 0 Å². The number of anilines is 1. The average molecular weight is 304 g/mol. The molecule has 4 nitrogen and oxygen atoms in total. The van der Waals surface area contributed by atoms with Gasteiger partial charge < -0.3 is 10.1 Å². The molecule has 5 heteroatoms. The molecule has 0 saturated carbocycles. The van der Waals surface area contributed by atoms with Gasteiger partial charge in [0.1, 0.15) is 5.75 Å². The van der Waals surface area contributed by atoms with E-state index in [2.05, 4.69) is 5.32 Å². The third kappa shape index (κ3) is 3.61. The van der Waals surface area contributed by atoms with E-state index in [1.807, 2.05) is 0 Å². The Balaban J connectivity index is 2.20. The molecule has 0 aliphatic carbocycles. The molecule has 0 unspecified atom stereocenters. The zero-order chi connectivity index (χ0) is 15.4. The number of rotatable bonds is 4. The van der Waals surface area contributed by atoms with E-state index in [9.17, 15) is 9.59 Å². The standard InChI is InChI=1S/C16H14ClNO3/c1-10(19)11-4-3-5-13(8-11)18-16(20)12-6-7-15(21-2)14(17)9-12/h3-9H,1-2H3,(H,18,20). The van der Waals surface area contributed by atoms with Gasteiger partial charge in [0.05, 0.1) is 12.1 Å². The van der Waals surface area contributed by atoms with Gasteiger partial charge in [-0.25, -0.2) is 0 Å². The first-order valence-corrected chi connectivity index (χ1v) is 6.65. The van der Waals surface area contributed by atoms with Crippen molar-refractivity contribution in [1.29, 1.82) is 0 Å². The molecule has 2 rings (SSSR count). The molecule has 21 heavy (non-hydrogen) atoms. The molecule has 0 aliphatic rings. The second-order valence-corrected chi connectivity index (χ2v) is 4.85. The van der Waals surface area contributed by atoms with Gasteiger partial charge in [0, 0.05) is 16.8 Å². The van der Waals surface area contributed by atoms with Crippen molar-refractivity contribution in [2.24, 2.45) is 0 Å². The third-order valence-electron chi connectivity index (χ3n) is 2.94. The summed E-state index contributed by atoms with van der Waals surface area (Å²) in [6, 6.07) is 11.5. The number of ether oxygens (including phenoxy) is 1. The first-order chi connectivity index (χ1) is 10.0. The van der Waals surface area contributed by atoms with Crippen LogP contribution >= 0.6 is 11.6 Å². The predicted octanol–water partition coefficient (Wildman–Crippen LogP) is 3.80. The average Bonchev–Trinajstić information content (AvgIpc) is 2.47. The largest absolute Gasteiger partial charge is 0.495 e. The van der Waals surface area contributed by atoms with Gasteiger partial charge in [0.25, 0.3) is 5.91 Å². The Labute approximate surface area is 127 Å². The van der Waals surface area contributed by atoms with E-state index in [-0.39, 0.29) is 11.7 Å². The Bertz CT molecular complexity index is 698. The summed E-state index contributed by atoms with van der Waals surface area (Å²) < 4.78 is 5.04. The molecule has 0 spiro atoms. The minimum absolute atomic E-state index is 0.0569. The molecule has 108 valence electrons. The molecule has 0 aromatic heterocycles. The Morgan fingerprint density at radius 1 is 1.10 bits per heavy atom. The van der Waals surface area contributed by atoms with E-state index < -0.39 is 0 Å². The Hall–Kier alpha value is -2.33. The second kappa shape index (κ2) is 6.41. The van der Waals surface area contributed by atoms with Crippen LogP contribution in [0.4, 0.5) is 5.69 Å². The van der Waals surface area contributed by atoms with Crippen LogP contribution in [0.25, 0.3) is 0 Å². The number of carbonyl (C=O) groups excluding carboxylic acids is 2. The summed E-state index contributed by atoms with van der Waals surface area (Å²) >= 11 is 5.99. The van der Waals surface area contributed by atoms with Gasteiger partial charge in [0.15, 0.2) is 5.78 Å². The van der Waals surface area contributed by atoms with E-state index in [1.54, 1.807) is 36.4 Å². The number of Topliss-reactive ketones (excluding diaryl/α,β-unsaturated/α-hetero) is 1. The first-order valence-electron chi connectivity index (χ1n) is 6.27. The maximum absolute atomic E-state index is 12.2. The van der Waals surface area contributed by atoms with Gasteiger partial charge in [-0.05, 0) is 37.3 Å². The summed E-state index contributed by atoms with van der Waals surface area (Å²) in [5.41, 5.74) is 1.51. The number of hydrogen-bond donors (Lipinski definition) is 1. The number of hydrogen-bond acceptors (Lipinski definition) is 3. The molecule has 0 fully saturated rings. The highest BCUT2D eigenvalue weighted by molar-refractivity contribution is 6.32. The Morgan fingerprint density at radius 2 is 1.86 bits per heavy atom. The molecule has 0 atom stereocenters. The fourth-order valence-electron chi connectivity index (χ4n) is 1.83. The highest BCUT2D eigenvalue weighted by Gasteiger charge is 2.10. The van der Waals surface area contributed by atoms with Crippen LogP contribution < -0.4 is 10.1 Å². The van der Waals surface area contributed by atoms with Crippen LogP contribution in [-0.4, -0.2) is 18.8 Å². The van der Waals surface area contributed by atoms with E-state index >= 15 is 0 Å². The summed E-state index contributed by atoms with van der Waals surface area (Å²) in [6.45, 7) is 1.48. The van der Waals surface area contributed by atoms with Gasteiger partial charge in [-0.3, -0.25) is 9.59 Å². The lowest BCUT2D eigenvalue weighted by Gasteiger charge is -2.08. The lowest BCUT2D eigenvalue weighted by atomic mass is 10.1. The molecule has 0 heterocycles. The van der Waals surface area contributed by atoms with Crippen LogP contribution in [0.5, 0.6) is 5.75 Å². The summed E-state index contributed by atoms with van der Waals surface area (Å²) in [7, 11) is 1.51. The molecule has 2 aromatic rings. The molecular weight excluding hydrogens is 290 g/mol. The molecule has 1 N–H and O–H groups in total. The van der Waals surface area contributed by atoms with Crippen molar-refractivity contribution in [2.45, 2.75) is 6.92 Å². The van der Waals surface area contributed by atoms with Crippen molar-refractivity contribution in [3.05, 3.63) is 58.6 Å². The predicted molar refractivity (Wildman–Crippen MR) is 82.4 cm³/mol. The molecule has 0 radical (unpaired) electrons. The molecule has 0 aliphatic heterocycles. The lowest BCUT2D eigenvalue weighted by Crippen LogP contribution is -2.12. The topological polar surface area (TPSA) is 55.4 Å². The summed E-state index contributed by atoms with van der Waals surface area (Å²) in [5, 5.41) is 3.09. The van der Waals surface area contributed by atoms with Crippen molar-refractivity contribution in [2.75, 3.05) is 12.4 Å². The van der Waals surface area contributed by atoms with Crippen LogP contribution in [0.1, 0.15) is 27.6 Å². The normalized spacial score (nSPS) is 10.0. The van der Waals surface area contributed by atoms with Gasteiger partial charge in [-0.1, -0.05) is 23.7 Å². The Morgan fingerprint density at radius 3 is 2.48 bits per heavy atom. The maximum atomic E-state index is 12.2. The van der Waals surface area contributed by atoms with Crippen LogP contribution in [-0.2, 0) is 0 Å². The van der Waals surface area contributed by atoms with Crippen LogP contribution in [0.2, 0.25) is 5.02 Å². The van der Waals surface area contributed by atoms with Crippen molar-refractivity contribution in [3.63, 3.8) is 0 Å². The van der Waals surface area contributed by atoms with Crippen molar-refractivity contribution < 1.29 is 14.3 Å². The highest BCUT2D eigenvalue weighted by Crippen LogP contribution is 2.25. The van der Waals surface area contributed by atoms with E-state index in [1.165, 1.54) is 20.1 Å². The number of ketones is 1. The molecule has 2 aromatic carbocycles. The SMILES string of the molecule is COc1ccc(C(=O)Nc2cccc(C(C)=O)c2)cc1Cl. The minimum Gasteiger partial charge on any atom is -0.495 e. The fourth-order valence-corrected chi connectivity index (χ4v) is 2.08. The quantitative estimate of drug-likeness (QED) is 0.874. The molecule has 0 saturated heterocycles. The third-order valence-corrected chi connectivity index (χ3v) is 3.24. The van der Waals surface area contributed by atoms with Gasteiger partial charge in [-0.15, -0.1) is 0 Å². The number of carbonyl (C=O) groups is 2. The van der Waals surface area contributed by atoms with E-state index in [0.29, 0.717) is 27.6 Å². The van der Waals surface area contributed by atoms with E-state index in [0.717, 1.165) is 0 Å². The van der Waals surface area contributed by atoms with Gasteiger partial charge >= 0.3 is 0 Å². The number of halogens is 1. The Kier molecular flexibility index (Phi) is 4.60. The zero-order valence-electron chi connectivity index (χ0n) is 11.6. The monoisotopic (exact) mass is 303 g/mol. The number of amides is 1. The summed E-state index contributed by atoms with van der Waals surface area (Å²) in [4.78, 5) is 23.5. The number of nitrogens with one attached hydrogen (secondary N) is 1. The van der Waals surface area contributed by atoms with E-state index in [4.69, 9.17) is 16.3 Å². The summed E-state index contributed by atoms with van der Waals surface area (Å²) in [6.07, 6.45) is 0. The van der Waals surface area contributed by atoms with Crippen LogP contribution in [0.3, 0.4) is 0 Å². The van der Waals surface area contributed by atoms with Crippen LogP contribution in [0, 0.1) is 0 Å². The van der Waals surface area contributed by atoms with Crippen molar-refractivity contribution >= 4 is 29.0 Å². The van der Waals surface area contributed by atoms with Gasteiger partial charge in [0.2, 0.25) is 0 Å². The smallest absolute Gasteiger partial charge is 0.255 e. The molecule has 0 bridgehead atoms. The summed E-state index contributed by atoms with van der Waals surface area (Å²) in [5.74, 6) is 0.144. The number of benzene rings is 2. The van der Waals surface area contributed by atoms with Gasteiger partial charge in [-0.2, -0.15) is 0 Å². The maximum Gasteiger partial charge on any atom is 0.255 e. The first kappa shape index (κ1) is 15.1. The van der Waals surface area contributed by atoms with Crippen LogP contribution in [0.15, 0.2) is 42.5 Å². The molecular formula is C16H14ClNO3. The highest BCUT2D eigenvalue weighted by atomic mass is 35.5.